The van der Waals surface area contributed by atoms with Crippen molar-refractivity contribution in [3.63, 3.8) is 0 Å². The maximum Gasteiger partial charge on any atom is 0.124 e. The van der Waals surface area contributed by atoms with Gasteiger partial charge in [-0.1, -0.05) is 13.8 Å². The van der Waals surface area contributed by atoms with Crippen molar-refractivity contribution in [3.8, 4) is 0 Å². The lowest BCUT2D eigenvalue weighted by Gasteiger charge is -2.07. The quantitative estimate of drug-likeness (QED) is 0.612. The molecule has 1 aromatic rings. The number of halogens is 1. The molecule has 15 heavy (non-hydrogen) atoms. The Morgan fingerprint density at radius 2 is 2.13 bits per heavy atom. The molecule has 0 fully saturated rings. The number of nitrogens with two attached hydrogens (primary N) is 1. The Balaban J connectivity index is 2.84. The van der Waals surface area contributed by atoms with Gasteiger partial charge in [0.15, 0.2) is 0 Å². The predicted octanol–water partition coefficient (Wildman–Crippen LogP) is 2.75. The number of amidine groups is 1. The zero-order valence-electron chi connectivity index (χ0n) is 8.88. The van der Waals surface area contributed by atoms with Crippen molar-refractivity contribution < 1.29 is 4.39 Å². The van der Waals surface area contributed by atoms with E-state index in [1.165, 1.54) is 12.1 Å². The molecule has 0 bridgehead atoms. The Hall–Kier alpha value is -1.03. The van der Waals surface area contributed by atoms with Crippen LogP contribution in [0.3, 0.4) is 0 Å². The summed E-state index contributed by atoms with van der Waals surface area (Å²) in [4.78, 5) is 0. The summed E-state index contributed by atoms with van der Waals surface area (Å²) in [5.74, 6) is 0.322. The maximum atomic E-state index is 13.2. The average Bonchev–Trinajstić information content (AvgIpc) is 2.13. The van der Waals surface area contributed by atoms with Crippen LogP contribution in [-0.4, -0.2) is 11.1 Å². The third kappa shape index (κ3) is 3.91. The Bertz CT molecular complexity index is 364. The largest absolute Gasteiger partial charge is 0.384 e. The highest BCUT2D eigenvalue weighted by Gasteiger charge is 2.04. The van der Waals surface area contributed by atoms with E-state index in [1.54, 1.807) is 17.8 Å². The molecule has 0 aliphatic rings. The minimum absolute atomic E-state index is 0.0923. The zero-order valence-corrected chi connectivity index (χ0v) is 9.70. The van der Waals surface area contributed by atoms with E-state index in [-0.39, 0.29) is 11.7 Å². The van der Waals surface area contributed by atoms with Crippen molar-refractivity contribution in [1.29, 1.82) is 5.41 Å². The summed E-state index contributed by atoms with van der Waals surface area (Å²) < 4.78 is 13.2. The van der Waals surface area contributed by atoms with Gasteiger partial charge in [-0.15, -0.1) is 0 Å². The Morgan fingerprint density at radius 1 is 1.47 bits per heavy atom. The van der Waals surface area contributed by atoms with Gasteiger partial charge in [0.2, 0.25) is 0 Å². The summed E-state index contributed by atoms with van der Waals surface area (Å²) in [7, 11) is 0. The molecule has 0 saturated carbocycles. The molecule has 0 unspecified atom stereocenters. The SMILES string of the molecule is CC(C)SCc1cc(F)cc(C(=N)N)c1. The molecule has 0 aliphatic carbocycles. The first kappa shape index (κ1) is 12.0. The lowest BCUT2D eigenvalue weighted by Crippen LogP contribution is -2.11. The lowest BCUT2D eigenvalue weighted by atomic mass is 10.1. The first-order chi connectivity index (χ1) is 6.99. The summed E-state index contributed by atoms with van der Waals surface area (Å²) in [5.41, 5.74) is 6.64. The lowest BCUT2D eigenvalue weighted by molar-refractivity contribution is 0.626. The standard InChI is InChI=1S/C11H15FN2S/c1-7(2)15-6-8-3-9(11(13)14)5-10(12)4-8/h3-5,7H,6H2,1-2H3,(H3,13,14). The summed E-state index contributed by atoms with van der Waals surface area (Å²) in [6.07, 6.45) is 0. The molecule has 0 atom stereocenters. The minimum atomic E-state index is -0.331. The van der Waals surface area contributed by atoms with Crippen LogP contribution in [0.1, 0.15) is 25.0 Å². The van der Waals surface area contributed by atoms with Gasteiger partial charge in [0.1, 0.15) is 11.7 Å². The molecular formula is C11H15FN2S. The van der Waals surface area contributed by atoms with Gasteiger partial charge in [-0.2, -0.15) is 11.8 Å². The van der Waals surface area contributed by atoms with Crippen molar-refractivity contribution in [2.75, 3.05) is 0 Å². The number of nitrogens with one attached hydrogen (secondary N) is 1. The van der Waals surface area contributed by atoms with Crippen molar-refractivity contribution in [3.05, 3.63) is 35.1 Å². The highest BCUT2D eigenvalue weighted by molar-refractivity contribution is 7.99. The minimum Gasteiger partial charge on any atom is -0.384 e. The van der Waals surface area contributed by atoms with Gasteiger partial charge in [0, 0.05) is 11.3 Å². The van der Waals surface area contributed by atoms with Gasteiger partial charge in [-0.25, -0.2) is 4.39 Å². The first-order valence-corrected chi connectivity index (χ1v) is 5.79. The van der Waals surface area contributed by atoms with Gasteiger partial charge < -0.3 is 5.73 Å². The molecule has 0 spiro atoms. The van der Waals surface area contributed by atoms with E-state index in [4.69, 9.17) is 11.1 Å². The van der Waals surface area contributed by atoms with Crippen LogP contribution in [0, 0.1) is 11.2 Å². The fourth-order valence-corrected chi connectivity index (χ4v) is 1.84. The van der Waals surface area contributed by atoms with Crippen LogP contribution in [0.4, 0.5) is 4.39 Å². The molecule has 2 nitrogen and oxygen atoms in total. The molecule has 1 rings (SSSR count). The van der Waals surface area contributed by atoms with Crippen molar-refractivity contribution >= 4 is 17.6 Å². The Morgan fingerprint density at radius 3 is 2.67 bits per heavy atom. The van der Waals surface area contributed by atoms with Crippen molar-refractivity contribution in [1.82, 2.24) is 0 Å². The second-order valence-corrected chi connectivity index (χ2v) is 5.19. The fraction of sp³-hybridized carbons (Fsp3) is 0.364. The van der Waals surface area contributed by atoms with Crippen molar-refractivity contribution in [2.45, 2.75) is 24.9 Å². The predicted molar refractivity (Wildman–Crippen MR) is 63.8 cm³/mol. The monoisotopic (exact) mass is 226 g/mol. The maximum absolute atomic E-state index is 13.2. The number of nitrogen functional groups attached to an aromatic ring is 1. The molecule has 82 valence electrons. The zero-order chi connectivity index (χ0) is 11.4. The van der Waals surface area contributed by atoms with E-state index in [9.17, 15) is 4.39 Å². The normalized spacial score (nSPS) is 10.7. The van der Waals surface area contributed by atoms with Crippen LogP contribution in [0.15, 0.2) is 18.2 Å². The topological polar surface area (TPSA) is 49.9 Å². The molecule has 4 heteroatoms. The summed E-state index contributed by atoms with van der Waals surface area (Å²) in [6, 6.07) is 4.54. The molecule has 0 aromatic heterocycles. The fourth-order valence-electron chi connectivity index (χ4n) is 1.15. The van der Waals surface area contributed by atoms with Crippen LogP contribution >= 0.6 is 11.8 Å². The van der Waals surface area contributed by atoms with Crippen LogP contribution in [0.2, 0.25) is 0 Å². The van der Waals surface area contributed by atoms with Gasteiger partial charge in [0.05, 0.1) is 0 Å². The summed E-state index contributed by atoms with van der Waals surface area (Å²) in [6.45, 7) is 4.19. The van der Waals surface area contributed by atoms with Crippen LogP contribution in [-0.2, 0) is 5.75 Å². The van der Waals surface area contributed by atoms with Gasteiger partial charge >= 0.3 is 0 Å². The third-order valence-corrected chi connectivity index (χ3v) is 3.02. The second kappa shape index (κ2) is 5.16. The van der Waals surface area contributed by atoms with E-state index in [1.807, 2.05) is 0 Å². The van der Waals surface area contributed by atoms with E-state index in [2.05, 4.69) is 13.8 Å². The van der Waals surface area contributed by atoms with Crippen LogP contribution in [0.5, 0.6) is 0 Å². The molecular weight excluding hydrogens is 211 g/mol. The average molecular weight is 226 g/mol. The van der Waals surface area contributed by atoms with Crippen LogP contribution in [0.25, 0.3) is 0 Å². The first-order valence-electron chi connectivity index (χ1n) is 4.74. The molecule has 0 amide bonds. The molecule has 0 heterocycles. The molecule has 0 saturated heterocycles. The number of rotatable bonds is 4. The number of hydrogen-bond acceptors (Lipinski definition) is 2. The second-order valence-electron chi connectivity index (χ2n) is 3.62. The Labute approximate surface area is 93.6 Å². The number of hydrogen-bond donors (Lipinski definition) is 2. The van der Waals surface area contributed by atoms with E-state index in [0.717, 1.165) is 11.3 Å². The summed E-state index contributed by atoms with van der Waals surface area (Å²) in [5, 5.41) is 7.76. The molecule has 0 aliphatic heterocycles. The number of benzene rings is 1. The van der Waals surface area contributed by atoms with E-state index < -0.39 is 0 Å². The van der Waals surface area contributed by atoms with Crippen LogP contribution < -0.4 is 5.73 Å². The van der Waals surface area contributed by atoms with Gasteiger partial charge in [-0.3, -0.25) is 5.41 Å². The van der Waals surface area contributed by atoms with Gasteiger partial charge in [-0.05, 0) is 29.0 Å². The van der Waals surface area contributed by atoms with Gasteiger partial charge in [0.25, 0.3) is 0 Å². The highest BCUT2D eigenvalue weighted by Crippen LogP contribution is 2.19. The molecule has 0 radical (unpaired) electrons. The summed E-state index contributed by atoms with van der Waals surface area (Å²) >= 11 is 1.74. The molecule has 3 N–H and O–H groups in total. The molecule has 1 aromatic carbocycles. The van der Waals surface area contributed by atoms with E-state index >= 15 is 0 Å². The number of thioether (sulfide) groups is 1. The smallest absolute Gasteiger partial charge is 0.124 e. The van der Waals surface area contributed by atoms with Crippen molar-refractivity contribution in [2.24, 2.45) is 5.73 Å². The third-order valence-electron chi connectivity index (χ3n) is 1.85. The van der Waals surface area contributed by atoms with E-state index in [0.29, 0.717) is 10.8 Å². The highest BCUT2D eigenvalue weighted by atomic mass is 32.2. The Kier molecular flexibility index (Phi) is 4.15.